The van der Waals surface area contributed by atoms with Crippen LogP contribution in [0.25, 0.3) is 0 Å². The van der Waals surface area contributed by atoms with Crippen molar-refractivity contribution in [1.29, 1.82) is 0 Å². The maximum absolute atomic E-state index is 12.3. The van der Waals surface area contributed by atoms with Crippen LogP contribution < -0.4 is 10.6 Å². The van der Waals surface area contributed by atoms with E-state index in [0.717, 1.165) is 0 Å². The number of carboxylic acid groups (broad SMARTS) is 1. The van der Waals surface area contributed by atoms with Crippen molar-refractivity contribution in [2.75, 3.05) is 11.9 Å². The van der Waals surface area contributed by atoms with Crippen LogP contribution in [0.1, 0.15) is 12.8 Å². The number of alkyl halides is 2. The van der Waals surface area contributed by atoms with Crippen LogP contribution in [0.4, 0.5) is 19.3 Å². The van der Waals surface area contributed by atoms with Crippen molar-refractivity contribution >= 4 is 29.4 Å². The molecule has 0 bridgehead atoms. The van der Waals surface area contributed by atoms with Crippen LogP contribution in [-0.2, 0) is 4.79 Å². The van der Waals surface area contributed by atoms with Crippen molar-refractivity contribution in [3.63, 3.8) is 0 Å². The molecule has 2 amide bonds. The summed E-state index contributed by atoms with van der Waals surface area (Å²) in [5, 5.41) is 13.3. The van der Waals surface area contributed by atoms with Gasteiger partial charge in [-0.05, 0) is 18.6 Å². The van der Waals surface area contributed by atoms with Gasteiger partial charge >= 0.3 is 12.0 Å². The average molecular weight is 304 g/mol. The van der Waals surface area contributed by atoms with Gasteiger partial charge in [0.15, 0.2) is 0 Å². The largest absolute Gasteiger partial charge is 0.481 e. The smallest absolute Gasteiger partial charge is 0.319 e. The number of carbonyl (C=O) groups is 2. The first-order chi connectivity index (χ1) is 9.49. The maximum Gasteiger partial charge on any atom is 0.319 e. The third kappa shape index (κ3) is 6.37. The highest BCUT2D eigenvalue weighted by Gasteiger charge is 2.11. The number of benzene rings is 1. The number of hydrogen-bond acceptors (Lipinski definition) is 3. The van der Waals surface area contributed by atoms with Crippen molar-refractivity contribution in [3.05, 3.63) is 24.3 Å². The number of carbonyl (C=O) groups excluding carboxylic acids is 1. The van der Waals surface area contributed by atoms with E-state index in [1.165, 1.54) is 12.1 Å². The Morgan fingerprint density at radius 3 is 2.65 bits per heavy atom. The molecule has 5 nitrogen and oxygen atoms in total. The molecule has 1 rings (SSSR count). The van der Waals surface area contributed by atoms with E-state index in [4.69, 9.17) is 5.11 Å². The number of hydrogen-bond donors (Lipinski definition) is 3. The fraction of sp³-hybridized carbons (Fsp3) is 0.333. The monoisotopic (exact) mass is 304 g/mol. The molecule has 0 aromatic heterocycles. The number of aliphatic carboxylic acids is 1. The van der Waals surface area contributed by atoms with Crippen LogP contribution in [0.3, 0.4) is 0 Å². The number of urea groups is 1. The van der Waals surface area contributed by atoms with E-state index in [9.17, 15) is 18.4 Å². The minimum absolute atomic E-state index is 0.0436. The molecule has 1 aromatic carbocycles. The molecule has 0 saturated carbocycles. The quantitative estimate of drug-likeness (QED) is 0.534. The first-order valence-corrected chi connectivity index (χ1v) is 6.67. The molecule has 3 N–H and O–H groups in total. The zero-order valence-corrected chi connectivity index (χ0v) is 11.3. The second-order valence-corrected chi connectivity index (χ2v) is 4.78. The first-order valence-electron chi connectivity index (χ1n) is 5.79. The third-order valence-corrected chi connectivity index (χ3v) is 2.99. The number of halogens is 2. The SMILES string of the molecule is O=C(O)CCCNC(=O)Nc1ccccc1SC(F)F. The maximum atomic E-state index is 12.3. The van der Waals surface area contributed by atoms with Crippen LogP contribution in [0.2, 0.25) is 0 Å². The number of anilines is 1. The second kappa shape index (κ2) is 8.36. The van der Waals surface area contributed by atoms with Gasteiger partial charge in [-0.25, -0.2) is 4.79 Å². The predicted octanol–water partition coefficient (Wildman–Crippen LogP) is 2.99. The van der Waals surface area contributed by atoms with Gasteiger partial charge < -0.3 is 15.7 Å². The van der Waals surface area contributed by atoms with Gasteiger partial charge in [-0.2, -0.15) is 8.78 Å². The summed E-state index contributed by atoms with van der Waals surface area (Å²) in [7, 11) is 0. The molecule has 0 fully saturated rings. The standard InChI is InChI=1S/C12H14F2N2O3S/c13-11(14)20-9-5-2-1-4-8(9)16-12(19)15-7-3-6-10(17)18/h1-2,4-5,11H,3,6-7H2,(H,17,18)(H2,15,16,19). The normalized spacial score (nSPS) is 10.3. The van der Waals surface area contributed by atoms with Crippen LogP contribution in [-0.4, -0.2) is 29.4 Å². The van der Waals surface area contributed by atoms with E-state index in [0.29, 0.717) is 18.2 Å². The van der Waals surface area contributed by atoms with Crippen molar-refractivity contribution in [2.24, 2.45) is 0 Å². The van der Waals surface area contributed by atoms with Gasteiger partial charge in [0, 0.05) is 17.9 Å². The fourth-order valence-electron chi connectivity index (χ4n) is 1.38. The molecule has 0 aliphatic carbocycles. The number of thioether (sulfide) groups is 1. The minimum Gasteiger partial charge on any atom is -0.481 e. The number of nitrogens with one attached hydrogen (secondary N) is 2. The van der Waals surface area contributed by atoms with Crippen molar-refractivity contribution in [3.8, 4) is 0 Å². The molecular weight excluding hydrogens is 290 g/mol. The van der Waals surface area contributed by atoms with Crippen molar-refractivity contribution in [2.45, 2.75) is 23.5 Å². The van der Waals surface area contributed by atoms with Gasteiger partial charge in [0.05, 0.1) is 5.69 Å². The Kier molecular flexibility index (Phi) is 6.78. The van der Waals surface area contributed by atoms with Gasteiger partial charge in [0.2, 0.25) is 0 Å². The van der Waals surface area contributed by atoms with E-state index in [2.05, 4.69) is 10.6 Å². The molecule has 0 radical (unpaired) electrons. The fourth-order valence-corrected chi connectivity index (χ4v) is 1.97. The van der Waals surface area contributed by atoms with Crippen molar-refractivity contribution < 1.29 is 23.5 Å². The van der Waals surface area contributed by atoms with E-state index < -0.39 is 17.8 Å². The molecule has 8 heteroatoms. The molecule has 0 heterocycles. The number of para-hydroxylation sites is 1. The van der Waals surface area contributed by atoms with E-state index in [1.54, 1.807) is 12.1 Å². The summed E-state index contributed by atoms with van der Waals surface area (Å²) >= 11 is 0.346. The van der Waals surface area contributed by atoms with Gasteiger partial charge in [0.25, 0.3) is 5.76 Å². The van der Waals surface area contributed by atoms with Gasteiger partial charge in [-0.1, -0.05) is 23.9 Å². The van der Waals surface area contributed by atoms with Gasteiger partial charge in [-0.3, -0.25) is 4.79 Å². The molecule has 0 spiro atoms. The lowest BCUT2D eigenvalue weighted by molar-refractivity contribution is -0.137. The van der Waals surface area contributed by atoms with Crippen LogP contribution in [0, 0.1) is 0 Å². The summed E-state index contributed by atoms with van der Waals surface area (Å²) in [6, 6.07) is 5.66. The van der Waals surface area contributed by atoms with Crippen LogP contribution in [0.5, 0.6) is 0 Å². The Morgan fingerprint density at radius 2 is 2.00 bits per heavy atom. The zero-order chi connectivity index (χ0) is 15.0. The lowest BCUT2D eigenvalue weighted by Gasteiger charge is -2.11. The Balaban J connectivity index is 2.47. The number of rotatable bonds is 7. The Hall–Kier alpha value is -1.83. The Morgan fingerprint density at radius 1 is 1.30 bits per heavy atom. The summed E-state index contributed by atoms with van der Waals surface area (Å²) in [4.78, 5) is 22.1. The lowest BCUT2D eigenvalue weighted by atomic mass is 10.3. The zero-order valence-electron chi connectivity index (χ0n) is 10.4. The van der Waals surface area contributed by atoms with E-state index in [-0.39, 0.29) is 23.5 Å². The predicted molar refractivity (Wildman–Crippen MR) is 72.2 cm³/mol. The third-order valence-electron chi connectivity index (χ3n) is 2.20. The minimum atomic E-state index is -2.57. The Bertz CT molecular complexity index is 472. The van der Waals surface area contributed by atoms with E-state index >= 15 is 0 Å². The second-order valence-electron chi connectivity index (χ2n) is 3.75. The molecular formula is C12H14F2N2O3S. The number of amides is 2. The average Bonchev–Trinajstić information content (AvgIpc) is 2.36. The van der Waals surface area contributed by atoms with Gasteiger partial charge in [-0.15, -0.1) is 0 Å². The summed E-state index contributed by atoms with van der Waals surface area (Å²) in [6.45, 7) is 0.197. The molecule has 20 heavy (non-hydrogen) atoms. The molecule has 0 aliphatic rings. The highest BCUT2D eigenvalue weighted by atomic mass is 32.2. The first kappa shape index (κ1) is 16.2. The lowest BCUT2D eigenvalue weighted by Crippen LogP contribution is -2.30. The van der Waals surface area contributed by atoms with Crippen molar-refractivity contribution in [1.82, 2.24) is 5.32 Å². The Labute approximate surface area is 118 Å². The highest BCUT2D eigenvalue weighted by Crippen LogP contribution is 2.31. The molecule has 1 aromatic rings. The molecule has 0 atom stereocenters. The molecule has 0 aliphatic heterocycles. The highest BCUT2D eigenvalue weighted by molar-refractivity contribution is 7.99. The molecule has 0 saturated heterocycles. The summed E-state index contributed by atoms with van der Waals surface area (Å²) < 4.78 is 24.7. The summed E-state index contributed by atoms with van der Waals surface area (Å²) in [5.41, 5.74) is 0.286. The topological polar surface area (TPSA) is 78.4 Å². The molecule has 0 unspecified atom stereocenters. The van der Waals surface area contributed by atoms with Crippen LogP contribution >= 0.6 is 11.8 Å². The number of carboxylic acids is 1. The summed E-state index contributed by atoms with van der Waals surface area (Å²) in [6.07, 6.45) is 0.258. The van der Waals surface area contributed by atoms with E-state index in [1.807, 2.05) is 0 Å². The molecule has 110 valence electrons. The van der Waals surface area contributed by atoms with Crippen LogP contribution in [0.15, 0.2) is 29.2 Å². The van der Waals surface area contributed by atoms with Gasteiger partial charge in [0.1, 0.15) is 0 Å². The summed E-state index contributed by atoms with van der Waals surface area (Å²) in [5.74, 6) is -3.51.